The topological polar surface area (TPSA) is 28.7 Å². The Morgan fingerprint density at radius 1 is 0.882 bits per heavy atom. The third-order valence-corrected chi connectivity index (χ3v) is 3.89. The summed E-state index contributed by atoms with van der Waals surface area (Å²) in [7, 11) is 0. The van der Waals surface area contributed by atoms with E-state index in [-0.39, 0.29) is 0 Å². The van der Waals surface area contributed by atoms with E-state index in [0.29, 0.717) is 0 Å². The Hall–Kier alpha value is -1.13. The molecular weight excluding hydrogens is 344 g/mol. The number of nitrogens with zero attached hydrogens (tertiary/aromatic N) is 1. The molecule has 2 aromatic carbocycles. The molecule has 84 valence electrons. The molecule has 2 nitrogen and oxygen atoms in total. The van der Waals surface area contributed by atoms with Crippen LogP contribution in [0.4, 0.5) is 0 Å². The van der Waals surface area contributed by atoms with Crippen molar-refractivity contribution in [2.24, 2.45) is 0 Å². The number of rotatable bonds is 1. The molecule has 17 heavy (non-hydrogen) atoms. The normalized spacial score (nSPS) is 10.9. The molecule has 0 amide bonds. The van der Waals surface area contributed by atoms with E-state index in [1.807, 2.05) is 42.5 Å². The zero-order valence-electron chi connectivity index (χ0n) is 8.74. The number of hydrogen-bond acceptors (Lipinski definition) is 1. The Labute approximate surface area is 115 Å². The van der Waals surface area contributed by atoms with Crippen molar-refractivity contribution in [3.8, 4) is 11.4 Å². The zero-order valence-corrected chi connectivity index (χ0v) is 11.9. The van der Waals surface area contributed by atoms with Crippen LogP contribution in [0.2, 0.25) is 0 Å². The highest BCUT2D eigenvalue weighted by molar-refractivity contribution is 9.11. The lowest BCUT2D eigenvalue weighted by Gasteiger charge is -1.94. The number of aromatic amines is 1. The van der Waals surface area contributed by atoms with Crippen LogP contribution in [0.5, 0.6) is 0 Å². The second-order valence-electron chi connectivity index (χ2n) is 3.70. The van der Waals surface area contributed by atoms with Crippen LogP contribution in [-0.4, -0.2) is 9.97 Å². The van der Waals surface area contributed by atoms with Gasteiger partial charge in [0.15, 0.2) is 0 Å². The fraction of sp³-hybridized carbons (Fsp3) is 0. The summed E-state index contributed by atoms with van der Waals surface area (Å²) >= 11 is 7.04. The van der Waals surface area contributed by atoms with Gasteiger partial charge in [0.1, 0.15) is 11.3 Å². The molecule has 1 aromatic heterocycles. The summed E-state index contributed by atoms with van der Waals surface area (Å²) in [5.41, 5.74) is 3.04. The van der Waals surface area contributed by atoms with Gasteiger partial charge < -0.3 is 4.98 Å². The molecule has 0 fully saturated rings. The van der Waals surface area contributed by atoms with Crippen molar-refractivity contribution < 1.29 is 0 Å². The second-order valence-corrected chi connectivity index (χ2v) is 5.41. The van der Waals surface area contributed by atoms with Gasteiger partial charge in [0.25, 0.3) is 0 Å². The number of aromatic nitrogens is 2. The minimum Gasteiger partial charge on any atom is -0.337 e. The summed E-state index contributed by atoms with van der Waals surface area (Å²) in [6.45, 7) is 0. The summed E-state index contributed by atoms with van der Waals surface area (Å²) in [6, 6.07) is 14.1. The minimum atomic E-state index is 0.883. The molecule has 0 radical (unpaired) electrons. The van der Waals surface area contributed by atoms with Gasteiger partial charge in [-0.2, -0.15) is 0 Å². The van der Waals surface area contributed by atoms with Crippen LogP contribution < -0.4 is 0 Å². The van der Waals surface area contributed by atoms with Crippen LogP contribution in [0.25, 0.3) is 22.4 Å². The molecule has 1 N–H and O–H groups in total. The smallest absolute Gasteiger partial charge is 0.138 e. The van der Waals surface area contributed by atoms with Gasteiger partial charge in [-0.05, 0) is 44.0 Å². The van der Waals surface area contributed by atoms with Crippen LogP contribution in [0, 0.1) is 0 Å². The molecule has 3 rings (SSSR count). The monoisotopic (exact) mass is 350 g/mol. The van der Waals surface area contributed by atoms with Crippen LogP contribution >= 0.6 is 31.9 Å². The number of H-pyrrole nitrogens is 1. The Kier molecular flexibility index (Phi) is 2.76. The minimum absolute atomic E-state index is 0.883. The van der Waals surface area contributed by atoms with Gasteiger partial charge in [0.2, 0.25) is 0 Å². The first-order valence-electron chi connectivity index (χ1n) is 5.15. The summed E-state index contributed by atoms with van der Waals surface area (Å²) in [5, 5.41) is 0. The molecule has 1 heterocycles. The molecule has 0 aliphatic heterocycles. The molecular formula is C13H8Br2N2. The maximum absolute atomic E-state index is 4.61. The van der Waals surface area contributed by atoms with E-state index in [1.165, 1.54) is 0 Å². The standard InChI is InChI=1S/C13H8Br2N2/c14-9-6-7-10(15)12-11(9)16-13(17-12)8-4-2-1-3-5-8/h1-7H,(H,16,17). The first kappa shape index (κ1) is 11.0. The van der Waals surface area contributed by atoms with Gasteiger partial charge >= 0.3 is 0 Å². The van der Waals surface area contributed by atoms with E-state index < -0.39 is 0 Å². The first-order valence-corrected chi connectivity index (χ1v) is 6.73. The zero-order chi connectivity index (χ0) is 11.8. The molecule has 0 saturated heterocycles. The predicted octanol–water partition coefficient (Wildman–Crippen LogP) is 4.75. The molecule has 4 heteroatoms. The highest BCUT2D eigenvalue weighted by Crippen LogP contribution is 2.30. The molecule has 0 bridgehead atoms. The van der Waals surface area contributed by atoms with E-state index in [2.05, 4.69) is 41.8 Å². The number of halogens is 2. The lowest BCUT2D eigenvalue weighted by Crippen LogP contribution is -1.78. The number of nitrogens with one attached hydrogen (secondary N) is 1. The van der Waals surface area contributed by atoms with Crippen LogP contribution in [0.15, 0.2) is 51.4 Å². The summed E-state index contributed by atoms with van der Waals surface area (Å²) < 4.78 is 2.01. The lowest BCUT2D eigenvalue weighted by atomic mass is 10.2. The SMILES string of the molecule is Brc1ccc(Br)c2[nH]c(-c3ccccc3)nc12. The molecule has 0 unspecified atom stereocenters. The molecule has 0 saturated carbocycles. The number of hydrogen-bond donors (Lipinski definition) is 1. The van der Waals surface area contributed by atoms with Gasteiger partial charge in [-0.3, -0.25) is 0 Å². The van der Waals surface area contributed by atoms with E-state index >= 15 is 0 Å². The van der Waals surface area contributed by atoms with Gasteiger partial charge in [-0.25, -0.2) is 4.98 Å². The van der Waals surface area contributed by atoms with Crippen LogP contribution in [-0.2, 0) is 0 Å². The fourth-order valence-corrected chi connectivity index (χ4v) is 2.60. The quantitative estimate of drug-likeness (QED) is 0.673. The highest BCUT2D eigenvalue weighted by Gasteiger charge is 2.09. The molecule has 0 aliphatic rings. The van der Waals surface area contributed by atoms with Gasteiger partial charge in [0.05, 0.1) is 5.52 Å². The van der Waals surface area contributed by atoms with Crippen LogP contribution in [0.3, 0.4) is 0 Å². The van der Waals surface area contributed by atoms with Gasteiger partial charge in [-0.15, -0.1) is 0 Å². The van der Waals surface area contributed by atoms with Crippen molar-refractivity contribution in [2.75, 3.05) is 0 Å². The molecule has 0 aliphatic carbocycles. The maximum Gasteiger partial charge on any atom is 0.138 e. The Morgan fingerprint density at radius 2 is 1.59 bits per heavy atom. The van der Waals surface area contributed by atoms with Gasteiger partial charge in [-0.1, -0.05) is 30.3 Å². The molecule has 0 spiro atoms. The number of imidazole rings is 1. The second kappa shape index (κ2) is 4.27. The van der Waals surface area contributed by atoms with Gasteiger partial charge in [0, 0.05) is 14.5 Å². The Bertz CT molecular complexity index is 635. The van der Waals surface area contributed by atoms with Crippen molar-refractivity contribution in [1.82, 2.24) is 9.97 Å². The number of fused-ring (bicyclic) bond motifs is 1. The largest absolute Gasteiger partial charge is 0.337 e. The van der Waals surface area contributed by atoms with E-state index in [9.17, 15) is 0 Å². The maximum atomic E-state index is 4.61. The van der Waals surface area contributed by atoms with Crippen LogP contribution in [0.1, 0.15) is 0 Å². The Balaban J connectivity index is 2.27. The first-order chi connectivity index (χ1) is 8.25. The Morgan fingerprint density at radius 3 is 2.29 bits per heavy atom. The lowest BCUT2D eigenvalue weighted by molar-refractivity contribution is 1.33. The van der Waals surface area contributed by atoms with Crippen molar-refractivity contribution in [1.29, 1.82) is 0 Å². The highest BCUT2D eigenvalue weighted by atomic mass is 79.9. The van der Waals surface area contributed by atoms with Crippen molar-refractivity contribution in [3.05, 3.63) is 51.4 Å². The van der Waals surface area contributed by atoms with Crippen molar-refractivity contribution in [2.45, 2.75) is 0 Å². The average molecular weight is 352 g/mol. The van der Waals surface area contributed by atoms with Crippen molar-refractivity contribution in [3.63, 3.8) is 0 Å². The predicted molar refractivity (Wildman–Crippen MR) is 76.9 cm³/mol. The summed E-state index contributed by atoms with van der Waals surface area (Å²) in [5.74, 6) is 0.883. The van der Waals surface area contributed by atoms with E-state index in [4.69, 9.17) is 0 Å². The number of benzene rings is 2. The third-order valence-electron chi connectivity index (χ3n) is 2.59. The fourth-order valence-electron chi connectivity index (χ4n) is 1.76. The summed E-state index contributed by atoms with van der Waals surface area (Å²) in [4.78, 5) is 7.94. The molecule has 3 aromatic rings. The van der Waals surface area contributed by atoms with E-state index in [1.54, 1.807) is 0 Å². The van der Waals surface area contributed by atoms with E-state index in [0.717, 1.165) is 31.4 Å². The summed E-state index contributed by atoms with van der Waals surface area (Å²) in [6.07, 6.45) is 0. The average Bonchev–Trinajstić information content (AvgIpc) is 2.81. The third kappa shape index (κ3) is 1.91. The van der Waals surface area contributed by atoms with Crippen molar-refractivity contribution >= 4 is 42.9 Å². The molecule has 0 atom stereocenters.